The van der Waals surface area contributed by atoms with Crippen LogP contribution in [0.4, 0.5) is 10.1 Å². The Kier molecular flexibility index (Phi) is 4.88. The van der Waals surface area contributed by atoms with E-state index in [4.69, 9.17) is 4.74 Å². The highest BCUT2D eigenvalue weighted by atomic mass is 19.1. The van der Waals surface area contributed by atoms with Crippen LogP contribution in [0.2, 0.25) is 0 Å². The quantitative estimate of drug-likeness (QED) is 0.657. The van der Waals surface area contributed by atoms with E-state index >= 15 is 0 Å². The second-order valence-corrected chi connectivity index (χ2v) is 6.17. The summed E-state index contributed by atoms with van der Waals surface area (Å²) in [6.07, 6.45) is 5.06. The first-order chi connectivity index (χ1) is 12.4. The highest BCUT2D eigenvalue weighted by Crippen LogP contribution is 2.32. The number of rotatable bonds is 5. The summed E-state index contributed by atoms with van der Waals surface area (Å²) in [6.45, 7) is 4.24. The lowest BCUT2D eigenvalue weighted by Gasteiger charge is -2.23. The Bertz CT molecular complexity index is 968. The van der Waals surface area contributed by atoms with Crippen molar-refractivity contribution >= 4 is 22.6 Å². The van der Waals surface area contributed by atoms with Crippen molar-refractivity contribution in [3.63, 3.8) is 0 Å². The summed E-state index contributed by atoms with van der Waals surface area (Å²) in [4.78, 5) is 23.0. The van der Waals surface area contributed by atoms with Crippen LogP contribution in [0.15, 0.2) is 30.7 Å². The number of carbonyl (C=O) groups excluding carboxylic acids is 1. The predicted octanol–water partition coefficient (Wildman–Crippen LogP) is 3.23. The van der Waals surface area contributed by atoms with E-state index in [2.05, 4.69) is 9.97 Å². The van der Waals surface area contributed by atoms with Gasteiger partial charge in [0.1, 0.15) is 17.2 Å². The van der Waals surface area contributed by atoms with E-state index in [1.165, 1.54) is 18.3 Å². The molecule has 0 aliphatic heterocycles. The van der Waals surface area contributed by atoms with Gasteiger partial charge >= 0.3 is 5.97 Å². The number of nitrogens with zero attached hydrogens (tertiary/aromatic N) is 4. The number of fused-ring (bicyclic) bond motifs is 1. The number of halogens is 1. The SMILES string of the molecule is CCOC(=O)c1cnc2c(C)cc(F)cc2c1N(C)Cc1nccn1C. The average molecular weight is 356 g/mol. The van der Waals surface area contributed by atoms with Crippen LogP contribution < -0.4 is 4.90 Å². The van der Waals surface area contributed by atoms with Crippen LogP contribution in [0.5, 0.6) is 0 Å². The number of aromatic nitrogens is 3. The molecule has 0 fully saturated rings. The number of carbonyl (C=O) groups is 1. The zero-order valence-corrected chi connectivity index (χ0v) is 15.3. The van der Waals surface area contributed by atoms with Gasteiger partial charge in [0.15, 0.2) is 0 Å². The van der Waals surface area contributed by atoms with E-state index in [0.29, 0.717) is 34.3 Å². The van der Waals surface area contributed by atoms with Crippen LogP contribution in [0.25, 0.3) is 10.9 Å². The van der Waals surface area contributed by atoms with Gasteiger partial charge in [-0.3, -0.25) is 4.98 Å². The summed E-state index contributed by atoms with van der Waals surface area (Å²) in [5.74, 6) is -0.0321. The van der Waals surface area contributed by atoms with Crippen LogP contribution in [-0.2, 0) is 18.3 Å². The first-order valence-corrected chi connectivity index (χ1v) is 8.35. The molecule has 2 heterocycles. The van der Waals surface area contributed by atoms with Crippen LogP contribution >= 0.6 is 0 Å². The van der Waals surface area contributed by atoms with Gasteiger partial charge in [0.2, 0.25) is 0 Å². The molecular formula is C19H21FN4O2. The molecule has 0 aliphatic carbocycles. The average Bonchev–Trinajstić information content (AvgIpc) is 2.98. The molecule has 0 unspecified atom stereocenters. The number of benzene rings is 1. The summed E-state index contributed by atoms with van der Waals surface area (Å²) in [5.41, 5.74) is 2.25. The number of hydrogen-bond donors (Lipinski definition) is 0. The molecule has 0 radical (unpaired) electrons. The Hall–Kier alpha value is -2.96. The van der Waals surface area contributed by atoms with Crippen LogP contribution in [0, 0.1) is 12.7 Å². The molecule has 0 N–H and O–H groups in total. The number of ether oxygens (including phenoxy) is 1. The first-order valence-electron chi connectivity index (χ1n) is 8.35. The standard InChI is InChI=1S/C19H21FN4O2/c1-5-26-19(25)15-10-22-17-12(2)8-13(20)9-14(17)18(15)24(4)11-16-21-6-7-23(16)3/h6-10H,5,11H2,1-4H3. The van der Waals surface area contributed by atoms with E-state index in [0.717, 1.165) is 5.82 Å². The fourth-order valence-corrected chi connectivity index (χ4v) is 3.03. The van der Waals surface area contributed by atoms with Crippen molar-refractivity contribution in [3.8, 4) is 0 Å². The van der Waals surface area contributed by atoms with Gasteiger partial charge < -0.3 is 14.2 Å². The lowest BCUT2D eigenvalue weighted by molar-refractivity contribution is 0.0527. The molecule has 1 aromatic carbocycles. The van der Waals surface area contributed by atoms with Crippen molar-refractivity contribution in [1.29, 1.82) is 0 Å². The minimum absolute atomic E-state index is 0.252. The van der Waals surface area contributed by atoms with Gasteiger partial charge in [-0.25, -0.2) is 14.2 Å². The van der Waals surface area contributed by atoms with E-state index in [9.17, 15) is 9.18 Å². The Morgan fingerprint density at radius 1 is 1.35 bits per heavy atom. The molecule has 0 atom stereocenters. The highest BCUT2D eigenvalue weighted by Gasteiger charge is 2.21. The van der Waals surface area contributed by atoms with Crippen LogP contribution in [0.1, 0.15) is 28.7 Å². The first kappa shape index (κ1) is 17.8. The zero-order chi connectivity index (χ0) is 18.8. The Morgan fingerprint density at radius 3 is 2.77 bits per heavy atom. The van der Waals surface area contributed by atoms with Gasteiger partial charge in [0, 0.05) is 38.1 Å². The summed E-state index contributed by atoms with van der Waals surface area (Å²) >= 11 is 0. The lowest BCUT2D eigenvalue weighted by atomic mass is 10.0. The number of anilines is 1. The third-order valence-electron chi connectivity index (χ3n) is 4.27. The number of aryl methyl sites for hydroxylation is 2. The van der Waals surface area contributed by atoms with Crippen molar-refractivity contribution in [2.24, 2.45) is 7.05 Å². The number of imidazole rings is 1. The molecule has 7 heteroatoms. The molecule has 0 saturated heterocycles. The second-order valence-electron chi connectivity index (χ2n) is 6.17. The van der Waals surface area contributed by atoms with Gasteiger partial charge in [-0.05, 0) is 31.5 Å². The number of pyridine rings is 1. The van der Waals surface area contributed by atoms with Crippen molar-refractivity contribution in [2.75, 3.05) is 18.6 Å². The number of esters is 1. The molecule has 3 aromatic rings. The van der Waals surface area contributed by atoms with Crippen molar-refractivity contribution in [3.05, 3.63) is 53.5 Å². The smallest absolute Gasteiger partial charge is 0.341 e. The van der Waals surface area contributed by atoms with E-state index in [1.54, 1.807) is 20.0 Å². The zero-order valence-electron chi connectivity index (χ0n) is 15.3. The van der Waals surface area contributed by atoms with E-state index in [-0.39, 0.29) is 12.4 Å². The molecule has 0 saturated carbocycles. The summed E-state index contributed by atoms with van der Waals surface area (Å²) in [6, 6.07) is 2.84. The van der Waals surface area contributed by atoms with Crippen molar-refractivity contribution < 1.29 is 13.9 Å². The minimum atomic E-state index is -0.481. The largest absolute Gasteiger partial charge is 0.462 e. The molecule has 0 bridgehead atoms. The van der Waals surface area contributed by atoms with Crippen molar-refractivity contribution in [2.45, 2.75) is 20.4 Å². The predicted molar refractivity (Wildman–Crippen MR) is 97.7 cm³/mol. The lowest BCUT2D eigenvalue weighted by Crippen LogP contribution is -2.23. The van der Waals surface area contributed by atoms with Gasteiger partial charge in [-0.2, -0.15) is 0 Å². The maximum atomic E-state index is 14.1. The molecule has 0 aliphatic rings. The van der Waals surface area contributed by atoms with Gasteiger partial charge in [-0.1, -0.05) is 0 Å². The number of hydrogen-bond acceptors (Lipinski definition) is 5. The fourth-order valence-electron chi connectivity index (χ4n) is 3.03. The fraction of sp³-hybridized carbons (Fsp3) is 0.316. The molecule has 0 amide bonds. The Morgan fingerprint density at radius 2 is 2.12 bits per heavy atom. The van der Waals surface area contributed by atoms with Gasteiger partial charge in [0.05, 0.1) is 24.4 Å². The molecule has 0 spiro atoms. The summed E-state index contributed by atoms with van der Waals surface area (Å²) in [7, 11) is 3.74. The van der Waals surface area contributed by atoms with Crippen LogP contribution in [-0.4, -0.2) is 34.2 Å². The van der Waals surface area contributed by atoms with Crippen LogP contribution in [0.3, 0.4) is 0 Å². The maximum absolute atomic E-state index is 14.1. The topological polar surface area (TPSA) is 60.2 Å². The summed E-state index contributed by atoms with van der Waals surface area (Å²) in [5, 5.41) is 0.574. The van der Waals surface area contributed by atoms with Crippen molar-refractivity contribution in [1.82, 2.24) is 14.5 Å². The minimum Gasteiger partial charge on any atom is -0.462 e. The molecule has 3 rings (SSSR count). The third kappa shape index (κ3) is 3.24. The van der Waals surface area contributed by atoms with E-state index < -0.39 is 5.97 Å². The molecular weight excluding hydrogens is 335 g/mol. The van der Waals surface area contributed by atoms with Gasteiger partial charge in [0.25, 0.3) is 0 Å². The van der Waals surface area contributed by atoms with Gasteiger partial charge in [-0.15, -0.1) is 0 Å². The maximum Gasteiger partial charge on any atom is 0.341 e. The third-order valence-corrected chi connectivity index (χ3v) is 4.27. The Labute approximate surface area is 151 Å². The monoisotopic (exact) mass is 356 g/mol. The molecule has 136 valence electrons. The second kappa shape index (κ2) is 7.11. The summed E-state index contributed by atoms with van der Waals surface area (Å²) < 4.78 is 21.1. The Balaban J connectivity index is 2.19. The van der Waals surface area contributed by atoms with E-state index in [1.807, 2.05) is 29.8 Å². The molecule has 26 heavy (non-hydrogen) atoms. The normalized spacial score (nSPS) is 11.0. The molecule has 2 aromatic heterocycles. The highest BCUT2D eigenvalue weighted by molar-refractivity contribution is 6.05. The molecule has 6 nitrogen and oxygen atoms in total.